The Labute approximate surface area is 99.5 Å². The zero-order valence-corrected chi connectivity index (χ0v) is 8.82. The van der Waals surface area contributed by atoms with E-state index in [0.29, 0.717) is 12.1 Å². The van der Waals surface area contributed by atoms with Crippen LogP contribution in [0.1, 0.15) is 0 Å². The van der Waals surface area contributed by atoms with Crippen LogP contribution < -0.4 is 0 Å². The molecule has 18 heavy (non-hydrogen) atoms. The average Bonchev–Trinajstić information content (AvgIpc) is 2.34. The first kappa shape index (κ1) is 12.1. The van der Waals surface area contributed by atoms with Crippen molar-refractivity contribution in [2.75, 3.05) is 0 Å². The van der Waals surface area contributed by atoms with Gasteiger partial charge in [0.1, 0.15) is 17.3 Å². The van der Waals surface area contributed by atoms with Crippen LogP contribution in [-0.4, -0.2) is 5.11 Å². The minimum Gasteiger partial charge on any atom is -0.505 e. The quantitative estimate of drug-likeness (QED) is 0.826. The predicted molar refractivity (Wildman–Crippen MR) is 58.9 cm³/mol. The summed E-state index contributed by atoms with van der Waals surface area (Å²) in [6.07, 6.45) is 0. The third-order valence-electron chi connectivity index (χ3n) is 2.38. The van der Waals surface area contributed by atoms with E-state index in [0.717, 1.165) is 12.1 Å². The fourth-order valence-electron chi connectivity index (χ4n) is 1.52. The monoisotopic (exact) mass is 253 g/mol. The number of nitrogens with zero attached hydrogens (tertiary/aromatic N) is 1. The van der Waals surface area contributed by atoms with Gasteiger partial charge in [0.2, 0.25) is 0 Å². The topological polar surface area (TPSA) is 49.7 Å². The Morgan fingerprint density at radius 1 is 0.889 bits per heavy atom. The third-order valence-corrected chi connectivity index (χ3v) is 2.38. The molecule has 0 aromatic heterocycles. The zero-order chi connectivity index (χ0) is 13.3. The fraction of sp³-hybridized carbons (Fsp3) is 0. The van der Waals surface area contributed by atoms with E-state index < -0.39 is 23.2 Å². The summed E-state index contributed by atoms with van der Waals surface area (Å²) in [5.41, 5.74) is -0.727. The smallest absolute Gasteiger partial charge is 0.165 e. The Bertz CT molecular complexity index is 629. The van der Waals surface area contributed by atoms with E-state index in [1.54, 1.807) is 0 Å². The highest BCUT2D eigenvalue weighted by atomic mass is 19.1. The van der Waals surface area contributed by atoms with E-state index in [2.05, 4.69) is 5.18 Å². The summed E-state index contributed by atoms with van der Waals surface area (Å²) < 4.78 is 40.2. The largest absolute Gasteiger partial charge is 0.505 e. The second-order valence-corrected chi connectivity index (χ2v) is 3.54. The van der Waals surface area contributed by atoms with Crippen molar-refractivity contribution < 1.29 is 18.3 Å². The molecule has 6 heteroatoms. The lowest BCUT2D eigenvalue weighted by Crippen LogP contribution is -1.90. The number of benzene rings is 2. The Hall–Kier alpha value is -2.37. The highest BCUT2D eigenvalue weighted by molar-refractivity contribution is 5.67. The molecule has 0 bridgehead atoms. The second kappa shape index (κ2) is 4.48. The van der Waals surface area contributed by atoms with Crippen LogP contribution in [0.3, 0.4) is 0 Å². The van der Waals surface area contributed by atoms with E-state index in [-0.39, 0.29) is 16.8 Å². The van der Waals surface area contributed by atoms with Crippen molar-refractivity contribution in [2.24, 2.45) is 5.18 Å². The van der Waals surface area contributed by atoms with Gasteiger partial charge in [0.25, 0.3) is 0 Å². The SMILES string of the molecule is O=Nc1ccc(-c2cc(F)c(O)cc2F)c(F)c1. The molecular formula is C12H6F3NO2. The van der Waals surface area contributed by atoms with Crippen LogP contribution in [0.15, 0.2) is 35.5 Å². The Morgan fingerprint density at radius 2 is 1.56 bits per heavy atom. The molecule has 2 rings (SSSR count). The van der Waals surface area contributed by atoms with Gasteiger partial charge in [0, 0.05) is 23.3 Å². The Morgan fingerprint density at radius 3 is 2.17 bits per heavy atom. The van der Waals surface area contributed by atoms with Gasteiger partial charge in [-0.2, -0.15) is 0 Å². The predicted octanol–water partition coefficient (Wildman–Crippen LogP) is 3.87. The van der Waals surface area contributed by atoms with Crippen LogP contribution in [0, 0.1) is 22.4 Å². The molecule has 1 N–H and O–H groups in total. The summed E-state index contributed by atoms with van der Waals surface area (Å²) >= 11 is 0. The maximum atomic E-state index is 13.6. The van der Waals surface area contributed by atoms with Crippen molar-refractivity contribution >= 4 is 5.69 Å². The molecule has 0 aliphatic heterocycles. The Kier molecular flexibility index (Phi) is 3.01. The number of halogens is 3. The van der Waals surface area contributed by atoms with Crippen LogP contribution >= 0.6 is 0 Å². The molecule has 0 saturated carbocycles. The minimum absolute atomic E-state index is 0.157. The lowest BCUT2D eigenvalue weighted by molar-refractivity contribution is 0.427. The van der Waals surface area contributed by atoms with Crippen molar-refractivity contribution in [2.45, 2.75) is 0 Å². The van der Waals surface area contributed by atoms with Crippen LogP contribution in [0.4, 0.5) is 18.9 Å². The van der Waals surface area contributed by atoms with Crippen molar-refractivity contribution in [3.8, 4) is 16.9 Å². The van der Waals surface area contributed by atoms with E-state index >= 15 is 0 Å². The van der Waals surface area contributed by atoms with Gasteiger partial charge in [-0.15, -0.1) is 4.91 Å². The molecule has 0 atom stereocenters. The number of phenolic OH excluding ortho intramolecular Hbond substituents is 1. The maximum Gasteiger partial charge on any atom is 0.165 e. The van der Waals surface area contributed by atoms with E-state index in [9.17, 15) is 18.1 Å². The molecule has 0 radical (unpaired) electrons. The number of hydrogen-bond acceptors (Lipinski definition) is 3. The van der Waals surface area contributed by atoms with Gasteiger partial charge < -0.3 is 5.11 Å². The first-order chi connectivity index (χ1) is 8.52. The summed E-state index contributed by atoms with van der Waals surface area (Å²) in [6, 6.07) is 4.33. The first-order valence-electron chi connectivity index (χ1n) is 4.84. The van der Waals surface area contributed by atoms with Gasteiger partial charge >= 0.3 is 0 Å². The molecule has 0 spiro atoms. The van der Waals surface area contributed by atoms with E-state index in [4.69, 9.17) is 5.11 Å². The Balaban J connectivity index is 2.62. The molecular weight excluding hydrogens is 247 g/mol. The summed E-state index contributed by atoms with van der Waals surface area (Å²) in [5.74, 6) is -3.80. The molecule has 92 valence electrons. The van der Waals surface area contributed by atoms with Gasteiger partial charge in [-0.3, -0.25) is 0 Å². The third kappa shape index (κ3) is 2.04. The normalized spacial score (nSPS) is 10.4. The standard InChI is InChI=1S/C12H6F3NO2/c13-9-3-6(16-18)1-2-7(9)8-4-11(15)12(17)5-10(8)14/h1-5,17H. The summed E-state index contributed by atoms with van der Waals surface area (Å²) in [7, 11) is 0. The van der Waals surface area contributed by atoms with Crippen LogP contribution in [0.2, 0.25) is 0 Å². The van der Waals surface area contributed by atoms with Crippen LogP contribution in [-0.2, 0) is 0 Å². The van der Waals surface area contributed by atoms with Crippen molar-refractivity contribution in [1.82, 2.24) is 0 Å². The number of phenols is 1. The minimum atomic E-state index is -1.07. The summed E-state index contributed by atoms with van der Waals surface area (Å²) in [6.45, 7) is 0. The van der Waals surface area contributed by atoms with Crippen LogP contribution in [0.5, 0.6) is 5.75 Å². The van der Waals surface area contributed by atoms with E-state index in [1.165, 1.54) is 6.07 Å². The number of aromatic hydroxyl groups is 1. The zero-order valence-electron chi connectivity index (χ0n) is 8.82. The molecule has 0 heterocycles. The van der Waals surface area contributed by atoms with Gasteiger partial charge in [-0.25, -0.2) is 13.2 Å². The number of hydrogen-bond donors (Lipinski definition) is 1. The summed E-state index contributed by atoms with van der Waals surface area (Å²) in [4.78, 5) is 10.2. The molecule has 2 aromatic rings. The molecule has 2 aromatic carbocycles. The fourth-order valence-corrected chi connectivity index (χ4v) is 1.52. The van der Waals surface area contributed by atoms with Gasteiger partial charge in [-0.1, -0.05) is 0 Å². The molecule has 0 aliphatic rings. The molecule has 0 saturated heterocycles. The average molecular weight is 253 g/mol. The molecule has 0 unspecified atom stereocenters. The van der Waals surface area contributed by atoms with Crippen LogP contribution in [0.25, 0.3) is 11.1 Å². The highest BCUT2D eigenvalue weighted by Gasteiger charge is 2.14. The number of rotatable bonds is 2. The highest BCUT2D eigenvalue weighted by Crippen LogP contribution is 2.31. The van der Waals surface area contributed by atoms with Crippen molar-refractivity contribution in [1.29, 1.82) is 0 Å². The first-order valence-corrected chi connectivity index (χ1v) is 4.84. The maximum absolute atomic E-state index is 13.6. The van der Waals surface area contributed by atoms with Gasteiger partial charge in [0.05, 0.1) is 0 Å². The summed E-state index contributed by atoms with van der Waals surface area (Å²) in [5, 5.41) is 11.5. The molecule has 0 amide bonds. The molecule has 0 fully saturated rings. The van der Waals surface area contributed by atoms with E-state index in [1.807, 2.05) is 0 Å². The molecule has 0 aliphatic carbocycles. The molecule has 3 nitrogen and oxygen atoms in total. The van der Waals surface area contributed by atoms with Gasteiger partial charge in [-0.05, 0) is 23.4 Å². The second-order valence-electron chi connectivity index (χ2n) is 3.54. The van der Waals surface area contributed by atoms with Gasteiger partial charge in [0.15, 0.2) is 11.6 Å². The lowest BCUT2D eigenvalue weighted by Gasteiger charge is -2.06. The lowest BCUT2D eigenvalue weighted by atomic mass is 10.0. The van der Waals surface area contributed by atoms with Crippen molar-refractivity contribution in [3.05, 3.63) is 52.7 Å². The number of nitroso groups, excluding NO2 is 1. The van der Waals surface area contributed by atoms with Crippen molar-refractivity contribution in [3.63, 3.8) is 0 Å².